The third-order valence-electron chi connectivity index (χ3n) is 3.76. The van der Waals surface area contributed by atoms with Crippen LogP contribution in [0.2, 0.25) is 0 Å². The van der Waals surface area contributed by atoms with Gasteiger partial charge in [0, 0.05) is 6.54 Å². The molecule has 3 aromatic rings. The Labute approximate surface area is 138 Å². The fourth-order valence-corrected chi connectivity index (χ4v) is 3.19. The van der Waals surface area contributed by atoms with Crippen LogP contribution in [0.4, 0.5) is 4.39 Å². The van der Waals surface area contributed by atoms with Crippen molar-refractivity contribution < 1.29 is 4.39 Å². The number of halogens is 1. The largest absolute Gasteiger partial charge is 0.333 e. The second-order valence-corrected chi connectivity index (χ2v) is 5.80. The van der Waals surface area contributed by atoms with Gasteiger partial charge in [-0.1, -0.05) is 12.1 Å². The average Bonchev–Trinajstić information content (AvgIpc) is 2.85. The van der Waals surface area contributed by atoms with E-state index in [1.165, 1.54) is 23.9 Å². The Morgan fingerprint density at radius 1 is 1.13 bits per heavy atom. The van der Waals surface area contributed by atoms with Gasteiger partial charge in [0.15, 0.2) is 0 Å². The highest BCUT2D eigenvalue weighted by atomic mass is 32.2. The number of rotatable bonds is 4. The molecule has 0 aliphatic rings. The summed E-state index contributed by atoms with van der Waals surface area (Å²) in [5, 5.41) is 1.92. The zero-order chi connectivity index (χ0) is 16.4. The summed E-state index contributed by atoms with van der Waals surface area (Å²) < 4.78 is 16.7. The van der Waals surface area contributed by atoms with E-state index in [1.54, 1.807) is 21.3 Å². The molecule has 2 aromatic carbocycles. The lowest BCUT2D eigenvalue weighted by atomic mass is 10.1. The number of nitrogens with zero attached hydrogens (tertiary/aromatic N) is 2. The number of fused-ring (bicyclic) bond motifs is 1. The van der Waals surface area contributed by atoms with Crippen LogP contribution in [0.1, 0.15) is 12.5 Å². The summed E-state index contributed by atoms with van der Waals surface area (Å²) >= 11 is 1.51. The number of aromatic nitrogens is 2. The number of benzene rings is 2. The smallest absolute Gasteiger partial charge is 0.292 e. The highest BCUT2D eigenvalue weighted by molar-refractivity contribution is 8.01. The molecule has 0 bridgehead atoms. The molecule has 23 heavy (non-hydrogen) atoms. The van der Waals surface area contributed by atoms with Gasteiger partial charge in [-0.25, -0.2) is 9.18 Å². The third kappa shape index (κ3) is 2.72. The molecule has 0 spiro atoms. The first-order valence-electron chi connectivity index (χ1n) is 7.37. The molecule has 1 aromatic heterocycles. The van der Waals surface area contributed by atoms with Crippen molar-refractivity contribution in [3.63, 3.8) is 0 Å². The molecule has 3 nitrogen and oxygen atoms in total. The van der Waals surface area contributed by atoms with Gasteiger partial charge in [0.1, 0.15) is 5.82 Å². The van der Waals surface area contributed by atoms with Crippen LogP contribution in [0.25, 0.3) is 16.7 Å². The highest BCUT2D eigenvalue weighted by Crippen LogP contribution is 2.24. The molecular weight excluding hydrogens is 311 g/mol. The van der Waals surface area contributed by atoms with E-state index in [-0.39, 0.29) is 11.5 Å². The summed E-state index contributed by atoms with van der Waals surface area (Å²) in [7, 11) is 0. The summed E-state index contributed by atoms with van der Waals surface area (Å²) in [6, 6.07) is 13.9. The third-order valence-corrected chi connectivity index (χ3v) is 4.22. The highest BCUT2D eigenvalue weighted by Gasteiger charge is 2.16. The van der Waals surface area contributed by atoms with Crippen molar-refractivity contribution in [3.8, 4) is 0 Å². The Hall–Kier alpha value is -2.27. The second-order valence-electron chi connectivity index (χ2n) is 5.10. The van der Waals surface area contributed by atoms with Crippen molar-refractivity contribution >= 4 is 28.5 Å². The first kappa shape index (κ1) is 15.6. The lowest BCUT2D eigenvalue weighted by molar-refractivity contribution is 0.627. The van der Waals surface area contributed by atoms with Gasteiger partial charge in [-0.15, -0.1) is 11.8 Å². The summed E-state index contributed by atoms with van der Waals surface area (Å²) in [6.07, 6.45) is 1.94. The van der Waals surface area contributed by atoms with E-state index in [0.29, 0.717) is 6.54 Å². The molecule has 0 fully saturated rings. The van der Waals surface area contributed by atoms with Crippen LogP contribution in [0.3, 0.4) is 0 Å². The minimum Gasteiger partial charge on any atom is -0.292 e. The minimum absolute atomic E-state index is 0.0849. The van der Waals surface area contributed by atoms with Gasteiger partial charge >= 0.3 is 5.69 Å². The zero-order valence-electron chi connectivity index (χ0n) is 13.0. The van der Waals surface area contributed by atoms with Crippen LogP contribution in [0.15, 0.2) is 58.7 Å². The van der Waals surface area contributed by atoms with Crippen molar-refractivity contribution in [3.05, 3.63) is 75.8 Å². The van der Waals surface area contributed by atoms with Gasteiger partial charge in [-0.2, -0.15) is 0 Å². The van der Waals surface area contributed by atoms with E-state index >= 15 is 0 Å². The normalized spacial score (nSPS) is 12.0. The predicted molar refractivity (Wildman–Crippen MR) is 95.2 cm³/mol. The topological polar surface area (TPSA) is 26.9 Å². The van der Waals surface area contributed by atoms with E-state index in [1.807, 2.05) is 42.9 Å². The van der Waals surface area contributed by atoms with Crippen molar-refractivity contribution in [1.82, 2.24) is 9.13 Å². The average molecular weight is 328 g/mol. The number of hydrogen-bond donors (Lipinski definition) is 0. The summed E-state index contributed by atoms with van der Waals surface area (Å²) in [5.41, 5.74) is 3.23. The molecule has 0 aliphatic carbocycles. The molecule has 118 valence electrons. The molecule has 1 heterocycles. The Bertz CT molecular complexity index is 922. The summed E-state index contributed by atoms with van der Waals surface area (Å²) in [5.74, 6) is -0.291. The number of thioether (sulfide) groups is 1. The standard InChI is InChI=1S/C18H17FN2OS/c1-3-20-15-6-4-5-7-16(15)21(18(20)22)17(12-23-2)13-8-10-14(19)11-9-13/h4-12H,3H2,1-2H3/b17-12+. The van der Waals surface area contributed by atoms with Crippen LogP contribution >= 0.6 is 11.8 Å². The Morgan fingerprint density at radius 2 is 1.78 bits per heavy atom. The molecule has 3 rings (SSSR count). The van der Waals surface area contributed by atoms with Crippen molar-refractivity contribution in [2.24, 2.45) is 0 Å². The van der Waals surface area contributed by atoms with E-state index in [4.69, 9.17) is 0 Å². The monoisotopic (exact) mass is 328 g/mol. The van der Waals surface area contributed by atoms with Crippen LogP contribution in [0, 0.1) is 5.82 Å². The second kappa shape index (κ2) is 6.46. The fourth-order valence-electron chi connectivity index (χ4n) is 2.73. The molecule has 0 aliphatic heterocycles. The SMILES string of the molecule is CCn1c(=O)n(/C(=C/SC)c2ccc(F)cc2)c2ccccc21. The van der Waals surface area contributed by atoms with Crippen LogP contribution < -0.4 is 5.69 Å². The molecule has 0 atom stereocenters. The minimum atomic E-state index is -0.291. The Balaban J connectivity index is 2.32. The number of hydrogen-bond acceptors (Lipinski definition) is 2. The Kier molecular flexibility index (Phi) is 4.39. The van der Waals surface area contributed by atoms with E-state index in [2.05, 4.69) is 0 Å². The maximum atomic E-state index is 13.2. The predicted octanol–water partition coefficient (Wildman–Crippen LogP) is 4.17. The van der Waals surface area contributed by atoms with Crippen LogP contribution in [-0.4, -0.2) is 15.4 Å². The molecule has 0 saturated heterocycles. The quantitative estimate of drug-likeness (QED) is 0.718. The lowest BCUT2D eigenvalue weighted by Gasteiger charge is -2.09. The maximum Gasteiger partial charge on any atom is 0.333 e. The Morgan fingerprint density at radius 3 is 2.39 bits per heavy atom. The van der Waals surface area contributed by atoms with Crippen molar-refractivity contribution in [1.29, 1.82) is 0 Å². The van der Waals surface area contributed by atoms with Gasteiger partial charge in [-0.05, 0) is 60.5 Å². The molecule has 0 radical (unpaired) electrons. The lowest BCUT2D eigenvalue weighted by Crippen LogP contribution is -2.23. The molecular formula is C18H17FN2OS. The van der Waals surface area contributed by atoms with Gasteiger partial charge in [0.2, 0.25) is 0 Å². The van der Waals surface area contributed by atoms with Crippen molar-refractivity contribution in [2.75, 3.05) is 6.26 Å². The fraction of sp³-hybridized carbons (Fsp3) is 0.167. The van der Waals surface area contributed by atoms with E-state index < -0.39 is 0 Å². The van der Waals surface area contributed by atoms with Gasteiger partial charge in [0.25, 0.3) is 0 Å². The number of imidazole rings is 1. The van der Waals surface area contributed by atoms with Gasteiger partial charge < -0.3 is 0 Å². The molecule has 5 heteroatoms. The zero-order valence-corrected chi connectivity index (χ0v) is 13.8. The maximum absolute atomic E-state index is 13.2. The molecule has 0 unspecified atom stereocenters. The molecule has 0 N–H and O–H groups in total. The van der Waals surface area contributed by atoms with Gasteiger partial charge in [0.05, 0.1) is 16.7 Å². The first-order chi connectivity index (χ1) is 11.2. The number of para-hydroxylation sites is 2. The van der Waals surface area contributed by atoms with E-state index in [9.17, 15) is 9.18 Å². The molecule has 0 amide bonds. The van der Waals surface area contributed by atoms with Gasteiger partial charge in [-0.3, -0.25) is 9.13 Å². The number of aryl methyl sites for hydroxylation is 1. The van der Waals surface area contributed by atoms with Crippen LogP contribution in [-0.2, 0) is 6.54 Å². The van der Waals surface area contributed by atoms with Crippen LogP contribution in [0.5, 0.6) is 0 Å². The first-order valence-corrected chi connectivity index (χ1v) is 8.65. The van der Waals surface area contributed by atoms with Crippen molar-refractivity contribution in [2.45, 2.75) is 13.5 Å². The van der Waals surface area contributed by atoms with E-state index in [0.717, 1.165) is 22.3 Å². The molecule has 0 saturated carbocycles. The summed E-state index contributed by atoms with van der Waals surface area (Å²) in [6.45, 7) is 2.55. The summed E-state index contributed by atoms with van der Waals surface area (Å²) in [4.78, 5) is 12.9.